The van der Waals surface area contributed by atoms with Crippen LogP contribution in [-0.4, -0.2) is 67.2 Å². The normalized spacial score (nSPS) is 24.9. The summed E-state index contributed by atoms with van der Waals surface area (Å²) >= 11 is 0. The number of likely N-dealkylation sites (N-methyl/N-ethyl adjacent to an activating group) is 1. The minimum atomic E-state index is -0.224. The molecule has 1 unspecified atom stereocenters. The Bertz CT molecular complexity index is 340. The zero-order chi connectivity index (χ0) is 13.8. The Balaban J connectivity index is 1.75. The van der Waals surface area contributed by atoms with E-state index in [-0.39, 0.29) is 18.0 Å². The first-order valence-electron chi connectivity index (χ1n) is 7.04. The van der Waals surface area contributed by atoms with E-state index in [1.807, 2.05) is 14.0 Å². The van der Waals surface area contributed by atoms with Gasteiger partial charge in [-0.1, -0.05) is 0 Å². The van der Waals surface area contributed by atoms with Crippen LogP contribution >= 0.6 is 0 Å². The Morgan fingerprint density at radius 3 is 2.53 bits per heavy atom. The number of hydrogen-bond acceptors (Lipinski definition) is 4. The van der Waals surface area contributed by atoms with Gasteiger partial charge in [0, 0.05) is 32.7 Å². The van der Waals surface area contributed by atoms with Gasteiger partial charge >= 0.3 is 6.09 Å². The fourth-order valence-electron chi connectivity index (χ4n) is 2.71. The highest BCUT2D eigenvalue weighted by Gasteiger charge is 2.32. The third-order valence-electron chi connectivity index (χ3n) is 3.89. The molecule has 0 aromatic rings. The Hall–Kier alpha value is -1.30. The molecular formula is C13H23N3O3. The van der Waals surface area contributed by atoms with E-state index in [1.54, 1.807) is 9.80 Å². The van der Waals surface area contributed by atoms with E-state index in [9.17, 15) is 9.59 Å². The second-order valence-electron chi connectivity index (χ2n) is 5.23. The highest BCUT2D eigenvalue weighted by atomic mass is 16.6. The van der Waals surface area contributed by atoms with Gasteiger partial charge in [-0.3, -0.25) is 4.79 Å². The molecule has 2 aliphatic rings. The standard InChI is InChI=1S/C13H23N3O3/c1-3-19-13(18)16-8-4-10(5-9-16)14-11-6-7-15(2)12(11)17/h10-11,14H,3-9H2,1-2H3. The third kappa shape index (κ3) is 3.37. The van der Waals surface area contributed by atoms with Gasteiger partial charge in [-0.05, 0) is 26.2 Å². The monoisotopic (exact) mass is 269 g/mol. The molecular weight excluding hydrogens is 246 g/mol. The van der Waals surface area contributed by atoms with E-state index in [2.05, 4.69) is 5.32 Å². The zero-order valence-corrected chi connectivity index (χ0v) is 11.7. The number of likely N-dealkylation sites (tertiary alicyclic amines) is 2. The molecule has 1 N–H and O–H groups in total. The molecule has 0 saturated carbocycles. The van der Waals surface area contributed by atoms with Crippen LogP contribution in [0.5, 0.6) is 0 Å². The fourth-order valence-corrected chi connectivity index (χ4v) is 2.71. The highest BCUT2D eigenvalue weighted by molar-refractivity contribution is 5.83. The summed E-state index contributed by atoms with van der Waals surface area (Å²) in [6, 6.07) is 0.287. The van der Waals surface area contributed by atoms with Crippen LogP contribution in [0, 0.1) is 0 Å². The van der Waals surface area contributed by atoms with E-state index in [0.29, 0.717) is 25.7 Å². The van der Waals surface area contributed by atoms with Crippen LogP contribution in [0.15, 0.2) is 0 Å². The van der Waals surface area contributed by atoms with Gasteiger partial charge in [-0.25, -0.2) is 4.79 Å². The Labute approximate surface area is 114 Å². The van der Waals surface area contributed by atoms with Crippen LogP contribution in [0.2, 0.25) is 0 Å². The molecule has 0 radical (unpaired) electrons. The maximum absolute atomic E-state index is 11.8. The predicted molar refractivity (Wildman–Crippen MR) is 70.8 cm³/mol. The first-order valence-corrected chi connectivity index (χ1v) is 7.04. The zero-order valence-electron chi connectivity index (χ0n) is 11.7. The first-order chi connectivity index (χ1) is 9.11. The van der Waals surface area contributed by atoms with Gasteiger partial charge < -0.3 is 19.9 Å². The molecule has 2 heterocycles. The van der Waals surface area contributed by atoms with E-state index in [0.717, 1.165) is 25.8 Å². The smallest absolute Gasteiger partial charge is 0.409 e. The van der Waals surface area contributed by atoms with Crippen molar-refractivity contribution in [3.63, 3.8) is 0 Å². The summed E-state index contributed by atoms with van der Waals surface area (Å²) in [6.07, 6.45) is 2.42. The molecule has 0 aliphatic carbocycles. The molecule has 2 rings (SSSR count). The summed E-state index contributed by atoms with van der Waals surface area (Å²) in [5, 5.41) is 3.42. The molecule has 0 aromatic carbocycles. The minimum absolute atomic E-state index is 0.0378. The van der Waals surface area contributed by atoms with Gasteiger partial charge in [0.15, 0.2) is 0 Å². The summed E-state index contributed by atoms with van der Waals surface area (Å²) in [5.41, 5.74) is 0. The second-order valence-corrected chi connectivity index (χ2v) is 5.23. The van der Waals surface area contributed by atoms with Crippen molar-refractivity contribution in [3.8, 4) is 0 Å². The molecule has 2 fully saturated rings. The van der Waals surface area contributed by atoms with Crippen molar-refractivity contribution in [2.45, 2.75) is 38.3 Å². The second kappa shape index (κ2) is 6.23. The van der Waals surface area contributed by atoms with E-state index in [4.69, 9.17) is 4.74 Å². The third-order valence-corrected chi connectivity index (χ3v) is 3.89. The van der Waals surface area contributed by atoms with Crippen molar-refractivity contribution in [1.82, 2.24) is 15.1 Å². The van der Waals surface area contributed by atoms with Crippen molar-refractivity contribution in [3.05, 3.63) is 0 Å². The van der Waals surface area contributed by atoms with Gasteiger partial charge in [0.2, 0.25) is 5.91 Å². The number of rotatable bonds is 3. The molecule has 108 valence electrons. The van der Waals surface area contributed by atoms with Crippen LogP contribution in [-0.2, 0) is 9.53 Å². The van der Waals surface area contributed by atoms with Gasteiger partial charge in [0.05, 0.1) is 12.6 Å². The van der Waals surface area contributed by atoms with E-state index >= 15 is 0 Å². The molecule has 2 aliphatic heterocycles. The molecule has 2 amide bonds. The highest BCUT2D eigenvalue weighted by Crippen LogP contribution is 2.15. The molecule has 2 saturated heterocycles. The molecule has 0 aromatic heterocycles. The van der Waals surface area contributed by atoms with Crippen LogP contribution in [0.25, 0.3) is 0 Å². The molecule has 0 bridgehead atoms. The number of nitrogens with zero attached hydrogens (tertiary/aromatic N) is 2. The lowest BCUT2D eigenvalue weighted by Crippen LogP contribution is -2.49. The van der Waals surface area contributed by atoms with Crippen LogP contribution in [0.4, 0.5) is 4.79 Å². The number of carbonyl (C=O) groups is 2. The number of ether oxygens (including phenoxy) is 1. The number of piperidine rings is 1. The average Bonchev–Trinajstić information content (AvgIpc) is 2.72. The number of nitrogens with one attached hydrogen (secondary N) is 1. The van der Waals surface area contributed by atoms with Gasteiger partial charge in [0.25, 0.3) is 0 Å². The first kappa shape index (κ1) is 14.1. The molecule has 6 heteroatoms. The lowest BCUT2D eigenvalue weighted by atomic mass is 10.0. The quantitative estimate of drug-likeness (QED) is 0.807. The minimum Gasteiger partial charge on any atom is -0.450 e. The van der Waals surface area contributed by atoms with Gasteiger partial charge in [-0.2, -0.15) is 0 Å². The van der Waals surface area contributed by atoms with Crippen molar-refractivity contribution < 1.29 is 14.3 Å². The Morgan fingerprint density at radius 1 is 1.32 bits per heavy atom. The molecule has 19 heavy (non-hydrogen) atoms. The van der Waals surface area contributed by atoms with Crippen LogP contribution in [0.3, 0.4) is 0 Å². The lowest BCUT2D eigenvalue weighted by Gasteiger charge is -2.32. The lowest BCUT2D eigenvalue weighted by molar-refractivity contribution is -0.128. The number of carbonyl (C=O) groups excluding carboxylic acids is 2. The van der Waals surface area contributed by atoms with Crippen molar-refractivity contribution >= 4 is 12.0 Å². The van der Waals surface area contributed by atoms with Crippen molar-refractivity contribution in [2.75, 3.05) is 33.3 Å². The molecule has 6 nitrogen and oxygen atoms in total. The Kier molecular flexibility index (Phi) is 4.63. The fraction of sp³-hybridized carbons (Fsp3) is 0.846. The number of hydrogen-bond donors (Lipinski definition) is 1. The maximum Gasteiger partial charge on any atom is 0.409 e. The summed E-state index contributed by atoms with van der Waals surface area (Å²) in [4.78, 5) is 26.9. The SMILES string of the molecule is CCOC(=O)N1CCC(NC2CCN(C)C2=O)CC1. The molecule has 1 atom stereocenters. The predicted octanol–water partition coefficient (Wildman–Crippen LogP) is 0.428. The number of amides is 2. The molecule has 0 spiro atoms. The Morgan fingerprint density at radius 2 is 2.00 bits per heavy atom. The van der Waals surface area contributed by atoms with Crippen molar-refractivity contribution in [1.29, 1.82) is 0 Å². The summed E-state index contributed by atoms with van der Waals surface area (Å²) in [5.74, 6) is 0.188. The maximum atomic E-state index is 11.8. The van der Waals surface area contributed by atoms with E-state index < -0.39 is 0 Å². The van der Waals surface area contributed by atoms with Crippen molar-refractivity contribution in [2.24, 2.45) is 0 Å². The summed E-state index contributed by atoms with van der Waals surface area (Å²) in [7, 11) is 1.84. The van der Waals surface area contributed by atoms with Crippen LogP contribution < -0.4 is 5.32 Å². The average molecular weight is 269 g/mol. The largest absolute Gasteiger partial charge is 0.450 e. The summed E-state index contributed by atoms with van der Waals surface area (Å²) < 4.78 is 4.99. The van der Waals surface area contributed by atoms with Gasteiger partial charge in [-0.15, -0.1) is 0 Å². The van der Waals surface area contributed by atoms with Gasteiger partial charge in [0.1, 0.15) is 0 Å². The topological polar surface area (TPSA) is 61.9 Å². The summed E-state index contributed by atoms with van der Waals surface area (Å²) in [6.45, 7) is 4.47. The van der Waals surface area contributed by atoms with Crippen LogP contribution in [0.1, 0.15) is 26.2 Å². The van der Waals surface area contributed by atoms with E-state index in [1.165, 1.54) is 0 Å².